The highest BCUT2D eigenvalue weighted by Gasteiger charge is 2.15. The Balaban J connectivity index is 2.61. The molecule has 1 aromatic rings. The third-order valence-electron chi connectivity index (χ3n) is 2.30. The Bertz CT molecular complexity index is 373. The first-order chi connectivity index (χ1) is 8.15. The molecule has 0 saturated heterocycles. The largest absolute Gasteiger partial charge is 0.372 e. The first-order valence-corrected chi connectivity index (χ1v) is 7.06. The van der Waals surface area contributed by atoms with Gasteiger partial charge in [-0.2, -0.15) is 11.8 Å². The molecule has 0 radical (unpaired) electrons. The molecule has 1 rings (SSSR count). The number of para-hydroxylation sites is 1. The number of hydrogen-bond donors (Lipinski definition) is 2. The maximum atomic E-state index is 11.3. The molecule has 17 heavy (non-hydrogen) atoms. The van der Waals surface area contributed by atoms with Crippen LogP contribution in [0.1, 0.15) is 13.3 Å². The van der Waals surface area contributed by atoms with Crippen molar-refractivity contribution in [2.45, 2.75) is 19.4 Å². The van der Waals surface area contributed by atoms with Gasteiger partial charge in [0, 0.05) is 0 Å². The van der Waals surface area contributed by atoms with E-state index in [1.807, 2.05) is 18.2 Å². The first kappa shape index (κ1) is 14.2. The molecule has 5 heteroatoms. The minimum atomic E-state index is -0.367. The number of rotatable bonds is 7. The summed E-state index contributed by atoms with van der Waals surface area (Å²) in [5, 5.41) is 3.68. The molecule has 1 unspecified atom stereocenters. The zero-order chi connectivity index (χ0) is 12.7. The zero-order valence-electron chi connectivity index (χ0n) is 9.78. The molecule has 0 saturated carbocycles. The van der Waals surface area contributed by atoms with Crippen molar-refractivity contribution in [3.8, 4) is 0 Å². The van der Waals surface area contributed by atoms with Gasteiger partial charge in [0.15, 0.2) is 0 Å². The van der Waals surface area contributed by atoms with Crippen LogP contribution in [-0.2, 0) is 4.79 Å². The molecule has 3 N–H and O–H groups in total. The molecule has 3 nitrogen and oxygen atoms in total. The Morgan fingerprint density at radius 1 is 1.53 bits per heavy atom. The summed E-state index contributed by atoms with van der Waals surface area (Å²) in [4.78, 5) is 11.3. The van der Waals surface area contributed by atoms with Crippen molar-refractivity contribution in [2.75, 3.05) is 16.8 Å². The van der Waals surface area contributed by atoms with E-state index in [9.17, 15) is 4.79 Å². The molecule has 0 fully saturated rings. The Morgan fingerprint density at radius 3 is 2.82 bits per heavy atom. The number of nitrogens with two attached hydrogens (primary N) is 1. The number of anilines is 1. The van der Waals surface area contributed by atoms with Crippen LogP contribution >= 0.6 is 23.4 Å². The average Bonchev–Trinajstić information content (AvgIpc) is 2.30. The number of thioether (sulfide) groups is 1. The van der Waals surface area contributed by atoms with Crippen LogP contribution in [0.15, 0.2) is 24.3 Å². The summed E-state index contributed by atoms with van der Waals surface area (Å²) in [6.45, 7) is 2.09. The van der Waals surface area contributed by atoms with Gasteiger partial charge >= 0.3 is 0 Å². The number of carbonyl (C=O) groups is 1. The number of carbonyl (C=O) groups excluding carboxylic acids is 1. The van der Waals surface area contributed by atoms with Crippen molar-refractivity contribution >= 4 is 35.0 Å². The lowest BCUT2D eigenvalue weighted by Gasteiger charge is -2.17. The molecular weight excluding hydrogens is 256 g/mol. The molecule has 1 atom stereocenters. The van der Waals surface area contributed by atoms with Crippen molar-refractivity contribution in [3.05, 3.63) is 29.3 Å². The summed E-state index contributed by atoms with van der Waals surface area (Å²) in [6.07, 6.45) is 0.707. The van der Waals surface area contributed by atoms with Gasteiger partial charge in [0.25, 0.3) is 0 Å². The Labute approximate surface area is 111 Å². The third kappa shape index (κ3) is 4.88. The molecule has 0 aliphatic heterocycles. The van der Waals surface area contributed by atoms with Crippen molar-refractivity contribution in [1.82, 2.24) is 0 Å². The highest BCUT2D eigenvalue weighted by atomic mass is 35.5. The molecule has 0 aliphatic carbocycles. The maximum absolute atomic E-state index is 11.3. The fourth-order valence-corrected chi connectivity index (χ4v) is 2.28. The second kappa shape index (κ2) is 7.45. The van der Waals surface area contributed by atoms with Crippen molar-refractivity contribution in [1.29, 1.82) is 0 Å². The van der Waals surface area contributed by atoms with E-state index in [2.05, 4.69) is 12.2 Å². The number of hydrogen-bond acceptors (Lipinski definition) is 3. The number of benzene rings is 1. The topological polar surface area (TPSA) is 55.1 Å². The van der Waals surface area contributed by atoms with Crippen LogP contribution in [0.2, 0.25) is 5.02 Å². The molecule has 0 spiro atoms. The Kier molecular flexibility index (Phi) is 6.22. The summed E-state index contributed by atoms with van der Waals surface area (Å²) in [5.41, 5.74) is 6.11. The fraction of sp³-hybridized carbons (Fsp3) is 0.417. The summed E-state index contributed by atoms with van der Waals surface area (Å²) < 4.78 is 0. The van der Waals surface area contributed by atoms with Gasteiger partial charge in [0.2, 0.25) is 5.91 Å². The number of halogens is 1. The van der Waals surface area contributed by atoms with Crippen molar-refractivity contribution < 1.29 is 4.79 Å². The van der Waals surface area contributed by atoms with Gasteiger partial charge in [0.05, 0.1) is 10.7 Å². The van der Waals surface area contributed by atoms with Crippen LogP contribution in [0.5, 0.6) is 0 Å². The highest BCUT2D eigenvalue weighted by molar-refractivity contribution is 7.99. The summed E-state index contributed by atoms with van der Waals surface area (Å²) in [7, 11) is 0. The molecule has 0 bridgehead atoms. The normalized spacial score (nSPS) is 12.1. The molecule has 1 aromatic carbocycles. The predicted octanol–water partition coefficient (Wildman–Crippen LogP) is 2.75. The Morgan fingerprint density at radius 2 is 2.24 bits per heavy atom. The molecule has 0 aliphatic rings. The lowest BCUT2D eigenvalue weighted by Crippen LogP contribution is -2.36. The van der Waals surface area contributed by atoms with E-state index < -0.39 is 0 Å². The van der Waals surface area contributed by atoms with E-state index in [-0.39, 0.29) is 11.9 Å². The zero-order valence-corrected chi connectivity index (χ0v) is 11.4. The number of primary amides is 1. The lowest BCUT2D eigenvalue weighted by molar-refractivity contribution is -0.118. The molecular formula is C12H17ClN2OS. The quantitative estimate of drug-likeness (QED) is 0.751. The van der Waals surface area contributed by atoms with Crippen molar-refractivity contribution in [2.24, 2.45) is 5.73 Å². The minimum Gasteiger partial charge on any atom is -0.372 e. The number of nitrogens with one attached hydrogen (secondary N) is 1. The fourth-order valence-electron chi connectivity index (χ4n) is 1.40. The van der Waals surface area contributed by atoms with Crippen LogP contribution in [0, 0.1) is 0 Å². The summed E-state index contributed by atoms with van der Waals surface area (Å²) in [5.74, 6) is 1.60. The van der Waals surface area contributed by atoms with Crippen LogP contribution in [0.4, 0.5) is 5.69 Å². The molecule has 1 amide bonds. The van der Waals surface area contributed by atoms with Gasteiger partial charge in [0.1, 0.15) is 6.04 Å². The van der Waals surface area contributed by atoms with E-state index in [1.54, 1.807) is 17.8 Å². The van der Waals surface area contributed by atoms with Gasteiger partial charge in [-0.25, -0.2) is 0 Å². The van der Waals surface area contributed by atoms with E-state index in [4.69, 9.17) is 17.3 Å². The average molecular weight is 273 g/mol. The first-order valence-electron chi connectivity index (χ1n) is 5.53. The van der Waals surface area contributed by atoms with E-state index in [0.717, 1.165) is 17.2 Å². The van der Waals surface area contributed by atoms with E-state index in [1.165, 1.54) is 0 Å². The van der Waals surface area contributed by atoms with E-state index in [0.29, 0.717) is 11.4 Å². The Hall–Kier alpha value is -0.870. The molecule has 0 heterocycles. The van der Waals surface area contributed by atoms with Gasteiger partial charge in [-0.3, -0.25) is 4.79 Å². The van der Waals surface area contributed by atoms with Crippen LogP contribution < -0.4 is 11.1 Å². The third-order valence-corrected chi connectivity index (χ3v) is 3.56. The minimum absolute atomic E-state index is 0.346. The standard InChI is InChI=1S/C12H17ClN2OS/c1-2-17-8-7-11(12(14)16)15-10-6-4-3-5-9(10)13/h3-6,11,15H,2,7-8H2,1H3,(H2,14,16). The molecule has 0 aromatic heterocycles. The lowest BCUT2D eigenvalue weighted by atomic mass is 10.2. The van der Waals surface area contributed by atoms with Gasteiger partial charge in [-0.05, 0) is 30.1 Å². The van der Waals surface area contributed by atoms with Crippen molar-refractivity contribution in [3.63, 3.8) is 0 Å². The van der Waals surface area contributed by atoms with Gasteiger partial charge < -0.3 is 11.1 Å². The highest BCUT2D eigenvalue weighted by Crippen LogP contribution is 2.22. The number of amides is 1. The summed E-state index contributed by atoms with van der Waals surface area (Å²) in [6, 6.07) is 6.97. The molecule has 94 valence electrons. The van der Waals surface area contributed by atoms with E-state index >= 15 is 0 Å². The monoisotopic (exact) mass is 272 g/mol. The second-order valence-electron chi connectivity index (χ2n) is 3.56. The van der Waals surface area contributed by atoms with Crippen LogP contribution in [-0.4, -0.2) is 23.5 Å². The smallest absolute Gasteiger partial charge is 0.239 e. The second-order valence-corrected chi connectivity index (χ2v) is 5.37. The predicted molar refractivity (Wildman–Crippen MR) is 75.7 cm³/mol. The van der Waals surface area contributed by atoms with Crippen LogP contribution in [0.3, 0.4) is 0 Å². The van der Waals surface area contributed by atoms with Crippen LogP contribution in [0.25, 0.3) is 0 Å². The van der Waals surface area contributed by atoms with Gasteiger partial charge in [-0.1, -0.05) is 30.7 Å². The SMILES string of the molecule is CCSCCC(Nc1ccccc1Cl)C(N)=O. The maximum Gasteiger partial charge on any atom is 0.239 e. The summed E-state index contributed by atoms with van der Waals surface area (Å²) >= 11 is 7.80. The van der Waals surface area contributed by atoms with Gasteiger partial charge in [-0.15, -0.1) is 0 Å².